The van der Waals surface area contributed by atoms with Crippen molar-refractivity contribution in [2.45, 2.75) is 25.4 Å². The molecule has 6 heteroatoms. The third kappa shape index (κ3) is 3.15. The Morgan fingerprint density at radius 1 is 1.52 bits per heavy atom. The SMILES string of the molecule is CN(Cc1cc(Cl)cn1C)C(=O)N[C@@H]1CCc2c(O)cccc21. The molecule has 1 aliphatic carbocycles. The van der Waals surface area contributed by atoms with Crippen LogP contribution in [0.15, 0.2) is 30.5 Å². The molecule has 1 atom stereocenters. The Morgan fingerprint density at radius 3 is 3.00 bits per heavy atom. The Labute approximate surface area is 140 Å². The van der Waals surface area contributed by atoms with Crippen LogP contribution in [-0.4, -0.2) is 27.7 Å². The predicted octanol–water partition coefficient (Wildman–Crippen LogP) is 3.21. The summed E-state index contributed by atoms with van der Waals surface area (Å²) in [6, 6.07) is 7.13. The Morgan fingerprint density at radius 2 is 2.30 bits per heavy atom. The first-order valence-corrected chi connectivity index (χ1v) is 7.96. The minimum absolute atomic E-state index is 0.0518. The van der Waals surface area contributed by atoms with Crippen LogP contribution < -0.4 is 5.32 Å². The van der Waals surface area contributed by atoms with Crippen LogP contribution in [0, 0.1) is 0 Å². The van der Waals surface area contributed by atoms with Gasteiger partial charge in [0, 0.05) is 26.0 Å². The number of phenols is 1. The number of aromatic nitrogens is 1. The molecule has 1 aromatic heterocycles. The Hall–Kier alpha value is -2.14. The average Bonchev–Trinajstić information content (AvgIpc) is 3.04. The van der Waals surface area contributed by atoms with Crippen LogP contribution in [0.25, 0.3) is 0 Å². The lowest BCUT2D eigenvalue weighted by Crippen LogP contribution is -2.38. The van der Waals surface area contributed by atoms with Crippen molar-refractivity contribution in [3.05, 3.63) is 52.3 Å². The molecule has 0 saturated carbocycles. The number of phenolic OH excluding ortho intramolecular Hbond substituents is 1. The highest BCUT2D eigenvalue weighted by Gasteiger charge is 2.26. The van der Waals surface area contributed by atoms with Gasteiger partial charge in [0.05, 0.1) is 17.6 Å². The van der Waals surface area contributed by atoms with Crippen molar-refractivity contribution < 1.29 is 9.90 Å². The molecule has 2 amide bonds. The van der Waals surface area contributed by atoms with Crippen molar-refractivity contribution in [2.75, 3.05) is 7.05 Å². The van der Waals surface area contributed by atoms with Gasteiger partial charge < -0.3 is 19.9 Å². The van der Waals surface area contributed by atoms with Crippen molar-refractivity contribution in [3.8, 4) is 5.75 Å². The Bertz CT molecular complexity index is 741. The van der Waals surface area contributed by atoms with Crippen LogP contribution in [0.5, 0.6) is 5.75 Å². The van der Waals surface area contributed by atoms with E-state index in [1.165, 1.54) is 0 Å². The van der Waals surface area contributed by atoms with Crippen molar-refractivity contribution in [1.29, 1.82) is 0 Å². The zero-order valence-electron chi connectivity index (χ0n) is 13.2. The third-order valence-electron chi connectivity index (χ3n) is 4.36. The molecular formula is C17H20ClN3O2. The number of amides is 2. The summed E-state index contributed by atoms with van der Waals surface area (Å²) in [6.45, 7) is 0.481. The molecule has 0 unspecified atom stereocenters. The second-order valence-corrected chi connectivity index (χ2v) is 6.44. The number of aryl methyl sites for hydroxylation is 1. The maximum absolute atomic E-state index is 12.4. The number of nitrogens with zero attached hydrogens (tertiary/aromatic N) is 2. The fourth-order valence-electron chi connectivity index (χ4n) is 3.08. The highest BCUT2D eigenvalue weighted by Crippen LogP contribution is 2.36. The molecule has 1 aliphatic rings. The van der Waals surface area contributed by atoms with E-state index in [2.05, 4.69) is 5.32 Å². The standard InChI is InChI=1S/C17H20ClN3O2/c1-20-9-11(18)8-12(20)10-21(2)17(23)19-15-7-6-14-13(15)4-3-5-16(14)22/h3-5,8-9,15,22H,6-7,10H2,1-2H3,(H,19,23)/t15-/m1/s1. The second-order valence-electron chi connectivity index (χ2n) is 6.00. The van der Waals surface area contributed by atoms with Crippen LogP contribution in [0.3, 0.4) is 0 Å². The highest BCUT2D eigenvalue weighted by molar-refractivity contribution is 6.30. The monoisotopic (exact) mass is 333 g/mol. The number of hydrogen-bond acceptors (Lipinski definition) is 2. The molecule has 3 rings (SSSR count). The molecule has 0 saturated heterocycles. The molecule has 0 radical (unpaired) electrons. The van der Waals surface area contributed by atoms with Gasteiger partial charge in [0.15, 0.2) is 0 Å². The summed E-state index contributed by atoms with van der Waals surface area (Å²) < 4.78 is 1.91. The predicted molar refractivity (Wildman–Crippen MR) is 89.6 cm³/mol. The minimum Gasteiger partial charge on any atom is -0.508 e. The molecule has 1 aromatic carbocycles. The number of carbonyl (C=O) groups excluding carboxylic acids is 1. The Kier molecular flexibility index (Phi) is 4.22. The van der Waals surface area contributed by atoms with Crippen LogP contribution in [0.2, 0.25) is 5.02 Å². The number of aromatic hydroxyl groups is 1. The lowest BCUT2D eigenvalue weighted by molar-refractivity contribution is 0.201. The molecule has 0 spiro atoms. The number of urea groups is 1. The summed E-state index contributed by atoms with van der Waals surface area (Å²) in [6.07, 6.45) is 3.41. The van der Waals surface area contributed by atoms with E-state index in [1.807, 2.05) is 36.0 Å². The van der Waals surface area contributed by atoms with Gasteiger partial charge in [-0.1, -0.05) is 23.7 Å². The smallest absolute Gasteiger partial charge is 0.317 e. The summed E-state index contributed by atoms with van der Waals surface area (Å²) in [5, 5.41) is 13.6. The molecule has 2 aromatic rings. The van der Waals surface area contributed by atoms with Crippen molar-refractivity contribution >= 4 is 17.6 Å². The van der Waals surface area contributed by atoms with Gasteiger partial charge in [-0.2, -0.15) is 0 Å². The number of benzene rings is 1. The van der Waals surface area contributed by atoms with Crippen LogP contribution in [-0.2, 0) is 20.0 Å². The summed E-state index contributed by atoms with van der Waals surface area (Å²) >= 11 is 5.97. The number of rotatable bonds is 3. The fourth-order valence-corrected chi connectivity index (χ4v) is 3.35. The van der Waals surface area contributed by atoms with Crippen molar-refractivity contribution in [3.63, 3.8) is 0 Å². The van der Waals surface area contributed by atoms with Gasteiger partial charge in [-0.25, -0.2) is 4.79 Å². The first kappa shape index (κ1) is 15.7. The van der Waals surface area contributed by atoms with Gasteiger partial charge in [0.1, 0.15) is 5.75 Å². The zero-order chi connectivity index (χ0) is 16.6. The average molecular weight is 334 g/mol. The van der Waals surface area contributed by atoms with Gasteiger partial charge in [-0.05, 0) is 36.1 Å². The van der Waals surface area contributed by atoms with Gasteiger partial charge >= 0.3 is 6.03 Å². The molecule has 5 nitrogen and oxygen atoms in total. The van der Waals surface area contributed by atoms with E-state index in [-0.39, 0.29) is 12.1 Å². The quantitative estimate of drug-likeness (QED) is 0.906. The number of nitrogens with one attached hydrogen (secondary N) is 1. The molecule has 0 bridgehead atoms. The van der Waals surface area contributed by atoms with Crippen LogP contribution in [0.1, 0.15) is 29.3 Å². The number of carbonyl (C=O) groups is 1. The van der Waals surface area contributed by atoms with Gasteiger partial charge in [-0.3, -0.25) is 0 Å². The summed E-state index contributed by atoms with van der Waals surface area (Å²) in [5.41, 5.74) is 2.92. The van der Waals surface area contributed by atoms with Gasteiger partial charge in [0.2, 0.25) is 0 Å². The third-order valence-corrected chi connectivity index (χ3v) is 4.57. The maximum atomic E-state index is 12.4. The summed E-state index contributed by atoms with van der Waals surface area (Å²) in [7, 11) is 3.66. The molecule has 1 heterocycles. The maximum Gasteiger partial charge on any atom is 0.317 e. The van der Waals surface area contributed by atoms with E-state index < -0.39 is 0 Å². The lowest BCUT2D eigenvalue weighted by atomic mass is 10.1. The topological polar surface area (TPSA) is 57.5 Å². The first-order valence-electron chi connectivity index (χ1n) is 7.59. The fraction of sp³-hybridized carbons (Fsp3) is 0.353. The first-order chi connectivity index (χ1) is 11.0. The van der Waals surface area contributed by atoms with Crippen LogP contribution >= 0.6 is 11.6 Å². The minimum atomic E-state index is -0.136. The molecule has 122 valence electrons. The van der Waals surface area contributed by atoms with Crippen molar-refractivity contribution in [1.82, 2.24) is 14.8 Å². The highest BCUT2D eigenvalue weighted by atomic mass is 35.5. The van der Waals surface area contributed by atoms with Crippen LogP contribution in [0.4, 0.5) is 4.79 Å². The van der Waals surface area contributed by atoms with E-state index in [0.29, 0.717) is 17.3 Å². The van der Waals surface area contributed by atoms with Crippen molar-refractivity contribution in [2.24, 2.45) is 7.05 Å². The number of hydrogen-bond donors (Lipinski definition) is 2. The molecule has 0 fully saturated rings. The normalized spacial score (nSPS) is 16.2. The second kappa shape index (κ2) is 6.16. The van der Waals surface area contributed by atoms with E-state index >= 15 is 0 Å². The summed E-state index contributed by atoms with van der Waals surface area (Å²) in [5.74, 6) is 0.311. The molecular weight excluding hydrogens is 314 g/mol. The number of fused-ring (bicyclic) bond motifs is 1. The van der Waals surface area contributed by atoms with Gasteiger partial charge in [0.25, 0.3) is 0 Å². The lowest BCUT2D eigenvalue weighted by Gasteiger charge is -2.22. The number of halogens is 1. The molecule has 23 heavy (non-hydrogen) atoms. The zero-order valence-corrected chi connectivity index (χ0v) is 14.0. The summed E-state index contributed by atoms with van der Waals surface area (Å²) in [4.78, 5) is 14.1. The van der Waals surface area contributed by atoms with E-state index in [4.69, 9.17) is 11.6 Å². The molecule has 2 N–H and O–H groups in total. The van der Waals surface area contributed by atoms with Gasteiger partial charge in [-0.15, -0.1) is 0 Å². The van der Waals surface area contributed by atoms with E-state index in [0.717, 1.165) is 29.7 Å². The molecule has 0 aliphatic heterocycles. The Balaban J connectivity index is 1.66. The largest absolute Gasteiger partial charge is 0.508 e. The van der Waals surface area contributed by atoms with E-state index in [1.54, 1.807) is 18.0 Å². The van der Waals surface area contributed by atoms with E-state index in [9.17, 15) is 9.90 Å².